The molecule has 1 saturated carbocycles. The predicted octanol–water partition coefficient (Wildman–Crippen LogP) is 3.00. The molecule has 1 heterocycles. The Bertz CT molecular complexity index is 813. The first-order valence-electron chi connectivity index (χ1n) is 9.44. The molecule has 0 atom stereocenters. The minimum absolute atomic E-state index is 0.0356. The largest absolute Gasteiger partial charge is 0.457 e. The van der Waals surface area contributed by atoms with Crippen LogP contribution in [0.3, 0.4) is 0 Å². The Morgan fingerprint density at radius 3 is 2.41 bits per heavy atom. The van der Waals surface area contributed by atoms with Gasteiger partial charge in [-0.15, -0.1) is 0 Å². The lowest BCUT2D eigenvalue weighted by Gasteiger charge is -2.35. The van der Waals surface area contributed by atoms with Crippen molar-refractivity contribution in [3.05, 3.63) is 59.4 Å². The lowest BCUT2D eigenvalue weighted by atomic mass is 10.1. The highest BCUT2D eigenvalue weighted by atomic mass is 19.1. The second kappa shape index (κ2) is 7.66. The Morgan fingerprint density at radius 1 is 1.07 bits per heavy atom. The molecule has 1 aliphatic heterocycles. The summed E-state index contributed by atoms with van der Waals surface area (Å²) in [6.07, 6.45) is 2.59. The number of hydrogen-bond acceptors (Lipinski definition) is 4. The van der Waals surface area contributed by atoms with Gasteiger partial charge in [0.25, 0.3) is 5.91 Å². The summed E-state index contributed by atoms with van der Waals surface area (Å²) in [4.78, 5) is 17.2. The summed E-state index contributed by atoms with van der Waals surface area (Å²) in [6, 6.07) is 11.9. The van der Waals surface area contributed by atoms with Gasteiger partial charge in [-0.3, -0.25) is 9.69 Å². The van der Waals surface area contributed by atoms with E-state index in [2.05, 4.69) is 4.90 Å². The minimum Gasteiger partial charge on any atom is -0.457 e. The van der Waals surface area contributed by atoms with Crippen LogP contribution in [0.15, 0.2) is 42.5 Å². The number of piperazine rings is 1. The van der Waals surface area contributed by atoms with Crippen molar-refractivity contribution in [1.82, 2.24) is 9.80 Å². The Labute approximate surface area is 158 Å². The van der Waals surface area contributed by atoms with E-state index in [1.165, 1.54) is 25.0 Å². The molecular weight excluding hydrogens is 345 g/mol. The molecule has 5 nitrogen and oxygen atoms in total. The van der Waals surface area contributed by atoms with Gasteiger partial charge in [-0.25, -0.2) is 4.39 Å². The van der Waals surface area contributed by atoms with Crippen LogP contribution in [0.4, 0.5) is 4.39 Å². The van der Waals surface area contributed by atoms with Gasteiger partial charge in [0.1, 0.15) is 17.3 Å². The summed E-state index contributed by atoms with van der Waals surface area (Å²) in [5.41, 5.74) is 7.24. The van der Waals surface area contributed by atoms with Crippen LogP contribution in [0, 0.1) is 5.82 Å². The standard InChI is InChI=1S/C21H24FN3O2/c22-17-2-6-19(7-3-17)27-20-8-1-15(13-16(20)14-23)21(26)25-11-9-24(10-12-25)18-4-5-18/h1-3,6-8,13,18H,4-5,9-12,14,23H2. The van der Waals surface area contributed by atoms with Gasteiger partial charge in [0.2, 0.25) is 0 Å². The molecule has 142 valence electrons. The summed E-state index contributed by atoms with van der Waals surface area (Å²) in [7, 11) is 0. The smallest absolute Gasteiger partial charge is 0.253 e. The summed E-state index contributed by atoms with van der Waals surface area (Å²) >= 11 is 0. The molecule has 2 aromatic carbocycles. The van der Waals surface area contributed by atoms with Gasteiger partial charge in [-0.05, 0) is 55.3 Å². The normalized spacial score (nSPS) is 17.8. The molecule has 0 aromatic heterocycles. The van der Waals surface area contributed by atoms with E-state index in [1.807, 2.05) is 4.90 Å². The van der Waals surface area contributed by atoms with Crippen molar-refractivity contribution in [2.24, 2.45) is 5.73 Å². The van der Waals surface area contributed by atoms with Crippen LogP contribution >= 0.6 is 0 Å². The molecule has 1 saturated heterocycles. The molecule has 0 bridgehead atoms. The zero-order valence-electron chi connectivity index (χ0n) is 15.2. The van der Waals surface area contributed by atoms with E-state index in [0.717, 1.165) is 37.8 Å². The topological polar surface area (TPSA) is 58.8 Å². The number of nitrogens with zero attached hydrogens (tertiary/aromatic N) is 2. The molecule has 2 N–H and O–H groups in total. The fourth-order valence-corrected chi connectivity index (χ4v) is 3.51. The number of hydrogen-bond donors (Lipinski definition) is 1. The van der Waals surface area contributed by atoms with Crippen molar-refractivity contribution in [2.45, 2.75) is 25.4 Å². The molecule has 27 heavy (non-hydrogen) atoms. The molecule has 2 fully saturated rings. The maximum Gasteiger partial charge on any atom is 0.253 e. The first-order chi connectivity index (χ1) is 13.1. The first-order valence-corrected chi connectivity index (χ1v) is 9.44. The van der Waals surface area contributed by atoms with E-state index in [9.17, 15) is 9.18 Å². The Balaban J connectivity index is 1.45. The maximum atomic E-state index is 13.0. The third-order valence-corrected chi connectivity index (χ3v) is 5.23. The van der Waals surface area contributed by atoms with Crippen LogP contribution in [0.1, 0.15) is 28.8 Å². The van der Waals surface area contributed by atoms with Crippen LogP contribution in [-0.4, -0.2) is 47.9 Å². The molecule has 4 rings (SSSR count). The van der Waals surface area contributed by atoms with E-state index >= 15 is 0 Å². The van der Waals surface area contributed by atoms with Gasteiger partial charge in [0.05, 0.1) is 0 Å². The molecule has 1 aliphatic carbocycles. The van der Waals surface area contributed by atoms with Gasteiger partial charge in [0, 0.05) is 49.9 Å². The zero-order valence-corrected chi connectivity index (χ0v) is 15.2. The molecule has 2 aromatic rings. The van der Waals surface area contributed by atoms with E-state index in [1.54, 1.807) is 30.3 Å². The first kappa shape index (κ1) is 17.9. The van der Waals surface area contributed by atoms with E-state index in [0.29, 0.717) is 17.1 Å². The summed E-state index contributed by atoms with van der Waals surface area (Å²) < 4.78 is 18.8. The second-order valence-corrected chi connectivity index (χ2v) is 7.14. The number of carbonyl (C=O) groups is 1. The fourth-order valence-electron chi connectivity index (χ4n) is 3.51. The lowest BCUT2D eigenvalue weighted by Crippen LogP contribution is -2.49. The number of halogens is 1. The van der Waals surface area contributed by atoms with Gasteiger partial charge >= 0.3 is 0 Å². The molecule has 0 unspecified atom stereocenters. The fraction of sp³-hybridized carbons (Fsp3) is 0.381. The molecule has 1 amide bonds. The molecule has 2 aliphatic rings. The summed E-state index contributed by atoms with van der Waals surface area (Å²) in [6.45, 7) is 3.69. The third-order valence-electron chi connectivity index (χ3n) is 5.23. The molecule has 0 radical (unpaired) electrons. The number of rotatable bonds is 5. The predicted molar refractivity (Wildman–Crippen MR) is 101 cm³/mol. The highest BCUT2D eigenvalue weighted by Crippen LogP contribution is 2.29. The highest BCUT2D eigenvalue weighted by molar-refractivity contribution is 5.94. The molecular formula is C21H24FN3O2. The third kappa shape index (κ3) is 4.12. The molecule has 0 spiro atoms. The van der Waals surface area contributed by atoms with Crippen LogP contribution in [0.2, 0.25) is 0 Å². The quantitative estimate of drug-likeness (QED) is 0.880. The van der Waals surface area contributed by atoms with Crippen LogP contribution in [0.25, 0.3) is 0 Å². The number of nitrogens with two attached hydrogens (primary N) is 1. The average Bonchev–Trinajstić information content (AvgIpc) is 3.55. The number of carbonyl (C=O) groups excluding carboxylic acids is 1. The van der Waals surface area contributed by atoms with E-state index < -0.39 is 0 Å². The molecule has 6 heteroatoms. The van der Waals surface area contributed by atoms with Crippen LogP contribution in [-0.2, 0) is 6.54 Å². The monoisotopic (exact) mass is 369 g/mol. The van der Waals surface area contributed by atoms with Crippen molar-refractivity contribution in [3.8, 4) is 11.5 Å². The minimum atomic E-state index is -0.316. The number of ether oxygens (including phenoxy) is 1. The summed E-state index contributed by atoms with van der Waals surface area (Å²) in [5, 5.41) is 0. The highest BCUT2D eigenvalue weighted by Gasteiger charge is 2.32. The zero-order chi connectivity index (χ0) is 18.8. The SMILES string of the molecule is NCc1cc(C(=O)N2CCN(C3CC3)CC2)ccc1Oc1ccc(F)cc1. The second-order valence-electron chi connectivity index (χ2n) is 7.14. The summed E-state index contributed by atoms with van der Waals surface area (Å²) in [5.74, 6) is 0.832. The van der Waals surface area contributed by atoms with Crippen molar-refractivity contribution < 1.29 is 13.9 Å². The van der Waals surface area contributed by atoms with Gasteiger partial charge in [-0.1, -0.05) is 0 Å². The van der Waals surface area contributed by atoms with E-state index in [-0.39, 0.29) is 18.3 Å². The lowest BCUT2D eigenvalue weighted by molar-refractivity contribution is 0.0627. The number of amides is 1. The van der Waals surface area contributed by atoms with Crippen LogP contribution in [0.5, 0.6) is 11.5 Å². The van der Waals surface area contributed by atoms with Crippen molar-refractivity contribution in [2.75, 3.05) is 26.2 Å². The van der Waals surface area contributed by atoms with Crippen molar-refractivity contribution in [3.63, 3.8) is 0 Å². The van der Waals surface area contributed by atoms with Crippen molar-refractivity contribution >= 4 is 5.91 Å². The van der Waals surface area contributed by atoms with Crippen LogP contribution < -0.4 is 10.5 Å². The Kier molecular flexibility index (Phi) is 5.09. The maximum absolute atomic E-state index is 13.0. The number of benzene rings is 2. The van der Waals surface area contributed by atoms with E-state index in [4.69, 9.17) is 10.5 Å². The van der Waals surface area contributed by atoms with Gasteiger partial charge in [0.15, 0.2) is 0 Å². The van der Waals surface area contributed by atoms with Crippen molar-refractivity contribution in [1.29, 1.82) is 0 Å². The Hall–Kier alpha value is -2.44. The van der Waals surface area contributed by atoms with Gasteiger partial charge < -0.3 is 15.4 Å². The van der Waals surface area contributed by atoms with Gasteiger partial charge in [-0.2, -0.15) is 0 Å². The average molecular weight is 369 g/mol. The Morgan fingerprint density at radius 2 is 1.78 bits per heavy atom.